The van der Waals surface area contributed by atoms with Crippen molar-refractivity contribution in [3.63, 3.8) is 0 Å². The topological polar surface area (TPSA) is 87.3 Å². The molecule has 2 amide bonds. The van der Waals surface area contributed by atoms with Gasteiger partial charge in [0.25, 0.3) is 0 Å². The van der Waals surface area contributed by atoms with Crippen LogP contribution in [0.15, 0.2) is 24.3 Å². The zero-order chi connectivity index (χ0) is 12.2. The molecule has 3 N–H and O–H groups in total. The maximum Gasteiger partial charge on any atom is 0.334 e. The second-order valence-corrected chi connectivity index (χ2v) is 5.15. The number of hydrogen-bond donors (Lipinski definition) is 3. The Morgan fingerprint density at radius 1 is 1.25 bits per heavy atom. The fraction of sp³-hybridized carbons (Fsp3) is 0.125. The molecule has 88 valence electrons. The Balaban J connectivity index is 2.49. The van der Waals surface area contributed by atoms with Crippen molar-refractivity contribution in [1.29, 1.82) is 0 Å². The van der Waals surface area contributed by atoms with E-state index in [0.29, 0.717) is 10.7 Å². The van der Waals surface area contributed by atoms with Crippen LogP contribution in [0.2, 0.25) is 5.02 Å². The molecule has 1 rings (SSSR count). The highest BCUT2D eigenvalue weighted by Gasteiger charge is 2.04. The van der Waals surface area contributed by atoms with Gasteiger partial charge in [0, 0.05) is 10.7 Å². The molecule has 0 heterocycles. The number of nitrogens with one attached hydrogen (secondary N) is 3. The summed E-state index contributed by atoms with van der Waals surface area (Å²) in [5.41, 5.74) is 2.46. The molecule has 6 nitrogen and oxygen atoms in total. The van der Waals surface area contributed by atoms with E-state index in [2.05, 4.69) is 5.32 Å². The van der Waals surface area contributed by atoms with E-state index in [1.165, 1.54) is 0 Å². The van der Waals surface area contributed by atoms with Crippen molar-refractivity contribution in [3.05, 3.63) is 29.3 Å². The molecule has 0 atom stereocenters. The summed E-state index contributed by atoms with van der Waals surface area (Å²) in [6, 6.07) is 5.68. The number of sulfonamides is 1. The molecule has 0 spiro atoms. The lowest BCUT2D eigenvalue weighted by molar-refractivity contribution is 0.250. The largest absolute Gasteiger partial charge is 0.334 e. The average Bonchev–Trinajstić information content (AvgIpc) is 2.18. The van der Waals surface area contributed by atoms with Crippen molar-refractivity contribution in [2.75, 3.05) is 11.6 Å². The first-order chi connectivity index (χ1) is 7.37. The molecule has 0 radical (unpaired) electrons. The van der Waals surface area contributed by atoms with Crippen molar-refractivity contribution in [2.45, 2.75) is 0 Å². The Bertz CT molecular complexity index is 472. The van der Waals surface area contributed by atoms with Crippen LogP contribution in [0.5, 0.6) is 0 Å². The first-order valence-electron chi connectivity index (χ1n) is 4.16. The van der Waals surface area contributed by atoms with Crippen LogP contribution in [0.3, 0.4) is 0 Å². The fourth-order valence-electron chi connectivity index (χ4n) is 0.835. The van der Waals surface area contributed by atoms with Crippen molar-refractivity contribution in [1.82, 2.24) is 10.3 Å². The van der Waals surface area contributed by atoms with Gasteiger partial charge in [0.15, 0.2) is 0 Å². The number of hydrogen-bond acceptors (Lipinski definition) is 3. The smallest absolute Gasteiger partial charge is 0.307 e. The van der Waals surface area contributed by atoms with Gasteiger partial charge < -0.3 is 5.32 Å². The molecule has 0 bridgehead atoms. The van der Waals surface area contributed by atoms with Crippen molar-refractivity contribution < 1.29 is 13.2 Å². The summed E-state index contributed by atoms with van der Waals surface area (Å²) in [7, 11) is -3.46. The normalized spacial score (nSPS) is 10.9. The van der Waals surface area contributed by atoms with E-state index >= 15 is 0 Å². The molecule has 0 aromatic heterocycles. The van der Waals surface area contributed by atoms with Crippen LogP contribution < -0.4 is 15.6 Å². The summed E-state index contributed by atoms with van der Waals surface area (Å²) in [5.74, 6) is 0. The molecule has 1 aromatic carbocycles. The minimum Gasteiger partial charge on any atom is -0.307 e. The van der Waals surface area contributed by atoms with Gasteiger partial charge in [-0.05, 0) is 24.3 Å². The molecule has 0 unspecified atom stereocenters. The number of carbonyl (C=O) groups is 1. The van der Waals surface area contributed by atoms with E-state index in [1.807, 2.05) is 10.3 Å². The second-order valence-electron chi connectivity index (χ2n) is 2.96. The summed E-state index contributed by atoms with van der Waals surface area (Å²) < 4.78 is 21.3. The predicted molar refractivity (Wildman–Crippen MR) is 61.6 cm³/mol. The van der Waals surface area contributed by atoms with Gasteiger partial charge in [-0.25, -0.2) is 13.2 Å². The number of benzene rings is 1. The van der Waals surface area contributed by atoms with Crippen LogP contribution in [0, 0.1) is 0 Å². The van der Waals surface area contributed by atoms with Gasteiger partial charge in [-0.2, -0.15) is 0 Å². The van der Waals surface area contributed by atoms with Gasteiger partial charge in [0.2, 0.25) is 10.0 Å². The van der Waals surface area contributed by atoms with Crippen LogP contribution >= 0.6 is 11.6 Å². The average molecular weight is 264 g/mol. The summed E-state index contributed by atoms with van der Waals surface area (Å²) in [5, 5.41) is 2.95. The highest BCUT2D eigenvalue weighted by Crippen LogP contribution is 2.12. The molecule has 16 heavy (non-hydrogen) atoms. The van der Waals surface area contributed by atoms with Gasteiger partial charge in [-0.1, -0.05) is 11.6 Å². The summed E-state index contributed by atoms with van der Waals surface area (Å²) in [6.07, 6.45) is 0.926. The number of halogens is 1. The third-order valence-corrected chi connectivity index (χ3v) is 2.18. The number of urea groups is 1. The van der Waals surface area contributed by atoms with Crippen LogP contribution in [-0.2, 0) is 10.0 Å². The summed E-state index contributed by atoms with van der Waals surface area (Å²) in [4.78, 5) is 13.0. The fourth-order valence-corrected chi connectivity index (χ4v) is 1.24. The molecule has 0 saturated carbocycles. The van der Waals surface area contributed by atoms with Crippen molar-refractivity contribution in [2.24, 2.45) is 0 Å². The summed E-state index contributed by atoms with van der Waals surface area (Å²) in [6.45, 7) is 0. The van der Waals surface area contributed by atoms with Gasteiger partial charge in [0.1, 0.15) is 0 Å². The highest BCUT2D eigenvalue weighted by molar-refractivity contribution is 7.88. The Kier molecular flexibility index (Phi) is 4.11. The van der Waals surface area contributed by atoms with Gasteiger partial charge in [-0.3, -0.25) is 5.43 Å². The Morgan fingerprint density at radius 3 is 2.31 bits per heavy atom. The second kappa shape index (κ2) is 5.15. The zero-order valence-corrected chi connectivity index (χ0v) is 9.89. The molecule has 0 saturated heterocycles. The summed E-state index contributed by atoms with van der Waals surface area (Å²) >= 11 is 5.65. The maximum atomic E-state index is 11.2. The standard InChI is InChI=1S/C8H10ClN3O3S/c1-16(14,15)12-11-8(13)10-7-4-2-6(9)3-5-7/h2-5,12H,1H3,(H2,10,11,13). The van der Waals surface area contributed by atoms with Crippen molar-refractivity contribution in [3.8, 4) is 0 Å². The Morgan fingerprint density at radius 2 is 1.81 bits per heavy atom. The number of carbonyl (C=O) groups excluding carboxylic acids is 1. The number of rotatable bonds is 3. The molecule has 1 aromatic rings. The Hall–Kier alpha value is -1.31. The predicted octanol–water partition coefficient (Wildman–Crippen LogP) is 0.926. The van der Waals surface area contributed by atoms with Gasteiger partial charge >= 0.3 is 6.03 Å². The zero-order valence-electron chi connectivity index (χ0n) is 8.32. The number of amides is 2. The highest BCUT2D eigenvalue weighted by atomic mass is 35.5. The van der Waals surface area contributed by atoms with Crippen LogP contribution in [-0.4, -0.2) is 20.7 Å². The monoisotopic (exact) mass is 263 g/mol. The first kappa shape index (κ1) is 12.8. The molecule has 0 fully saturated rings. The van der Waals surface area contributed by atoms with Crippen LogP contribution in [0.1, 0.15) is 0 Å². The molecule has 8 heteroatoms. The third-order valence-electron chi connectivity index (χ3n) is 1.45. The number of hydrazine groups is 1. The Labute approximate surface area is 98.0 Å². The lowest BCUT2D eigenvalue weighted by Crippen LogP contribution is -2.43. The van der Waals surface area contributed by atoms with E-state index in [9.17, 15) is 13.2 Å². The van der Waals surface area contributed by atoms with E-state index in [1.54, 1.807) is 24.3 Å². The number of anilines is 1. The van der Waals surface area contributed by atoms with Crippen molar-refractivity contribution >= 4 is 33.3 Å². The minimum absolute atomic E-state index is 0.497. The van der Waals surface area contributed by atoms with Crippen LogP contribution in [0.4, 0.5) is 10.5 Å². The lowest BCUT2D eigenvalue weighted by atomic mass is 10.3. The lowest BCUT2D eigenvalue weighted by Gasteiger charge is -2.07. The van der Waals surface area contributed by atoms with E-state index in [0.717, 1.165) is 6.26 Å². The van der Waals surface area contributed by atoms with E-state index < -0.39 is 16.1 Å². The third kappa shape index (κ3) is 4.96. The molecule has 0 aliphatic rings. The van der Waals surface area contributed by atoms with Gasteiger partial charge in [-0.15, -0.1) is 4.83 Å². The molecule has 0 aliphatic carbocycles. The minimum atomic E-state index is -3.46. The quantitative estimate of drug-likeness (QED) is 0.709. The van der Waals surface area contributed by atoms with E-state index in [4.69, 9.17) is 11.6 Å². The van der Waals surface area contributed by atoms with Gasteiger partial charge in [0.05, 0.1) is 6.26 Å². The first-order valence-corrected chi connectivity index (χ1v) is 6.43. The van der Waals surface area contributed by atoms with Crippen LogP contribution in [0.25, 0.3) is 0 Å². The molecular weight excluding hydrogens is 254 g/mol. The SMILES string of the molecule is CS(=O)(=O)NNC(=O)Nc1ccc(Cl)cc1. The maximum absolute atomic E-state index is 11.2. The molecule has 0 aliphatic heterocycles. The molecular formula is C8H10ClN3O3S. The van der Waals surface area contributed by atoms with E-state index in [-0.39, 0.29) is 0 Å².